The predicted octanol–water partition coefficient (Wildman–Crippen LogP) is 5.38. The molecule has 1 aliphatic carbocycles. The first kappa shape index (κ1) is 30.6. The molecule has 0 saturated heterocycles. The van der Waals surface area contributed by atoms with Gasteiger partial charge >= 0.3 is 11.9 Å². The van der Waals surface area contributed by atoms with Gasteiger partial charge in [0.2, 0.25) is 0 Å². The van der Waals surface area contributed by atoms with Crippen LogP contribution < -0.4 is 0 Å². The van der Waals surface area contributed by atoms with Gasteiger partial charge in [0.1, 0.15) is 13.2 Å². The van der Waals surface area contributed by atoms with Gasteiger partial charge in [-0.2, -0.15) is 0 Å². The number of carbonyl (C=O) groups is 2. The molecule has 0 saturated carbocycles. The van der Waals surface area contributed by atoms with Crippen molar-refractivity contribution in [2.75, 3.05) is 26.4 Å². The van der Waals surface area contributed by atoms with E-state index in [1.54, 1.807) is 6.92 Å². The van der Waals surface area contributed by atoms with E-state index in [0.29, 0.717) is 12.0 Å². The fourth-order valence-electron chi connectivity index (χ4n) is 3.92. The fourth-order valence-corrected chi connectivity index (χ4v) is 3.92. The summed E-state index contributed by atoms with van der Waals surface area (Å²) in [7, 11) is 0. The molecular weight excluding hydrogens is 444 g/mol. The molecular formula is C29H44O6. The van der Waals surface area contributed by atoms with Crippen molar-refractivity contribution >= 4 is 11.9 Å². The number of esters is 2. The molecule has 6 nitrogen and oxygen atoms in total. The highest BCUT2D eigenvalue weighted by atomic mass is 16.5. The quantitative estimate of drug-likeness (QED) is 0.206. The van der Waals surface area contributed by atoms with Gasteiger partial charge in [0.25, 0.3) is 0 Å². The predicted molar refractivity (Wildman–Crippen MR) is 140 cm³/mol. The summed E-state index contributed by atoms with van der Waals surface area (Å²) >= 11 is 0. The second-order valence-electron chi connectivity index (χ2n) is 10.3. The van der Waals surface area contributed by atoms with Crippen molar-refractivity contribution in [3.05, 3.63) is 58.7 Å². The highest BCUT2D eigenvalue weighted by molar-refractivity contribution is 5.83. The summed E-state index contributed by atoms with van der Waals surface area (Å²) in [5.74, 6) is -1.01. The maximum absolute atomic E-state index is 12.2. The van der Waals surface area contributed by atoms with E-state index in [9.17, 15) is 19.8 Å². The monoisotopic (exact) mass is 488 g/mol. The number of hydrogen-bond acceptors (Lipinski definition) is 6. The Kier molecular flexibility index (Phi) is 13.0. The van der Waals surface area contributed by atoms with Gasteiger partial charge < -0.3 is 19.7 Å². The summed E-state index contributed by atoms with van der Waals surface area (Å²) in [6, 6.07) is 0. The third-order valence-corrected chi connectivity index (χ3v) is 6.30. The molecule has 0 radical (unpaired) electrons. The summed E-state index contributed by atoms with van der Waals surface area (Å²) in [6.07, 6.45) is 15.9. The molecule has 35 heavy (non-hydrogen) atoms. The second kappa shape index (κ2) is 14.8. The smallest absolute Gasteiger partial charge is 0.331 e. The van der Waals surface area contributed by atoms with Gasteiger partial charge in [0.15, 0.2) is 0 Å². The zero-order chi connectivity index (χ0) is 26.5. The zero-order valence-electron chi connectivity index (χ0n) is 22.4. The highest BCUT2D eigenvalue weighted by Crippen LogP contribution is 2.40. The van der Waals surface area contributed by atoms with Crippen LogP contribution in [0.5, 0.6) is 0 Å². The van der Waals surface area contributed by atoms with Crippen LogP contribution in [0.4, 0.5) is 0 Å². The van der Waals surface area contributed by atoms with Crippen LogP contribution in [0.1, 0.15) is 73.6 Å². The van der Waals surface area contributed by atoms with Gasteiger partial charge in [-0.25, -0.2) is 4.79 Å². The lowest BCUT2D eigenvalue weighted by atomic mass is 9.72. The first-order valence-electron chi connectivity index (χ1n) is 12.4. The van der Waals surface area contributed by atoms with E-state index >= 15 is 0 Å². The van der Waals surface area contributed by atoms with Crippen molar-refractivity contribution in [3.63, 3.8) is 0 Å². The molecule has 0 heterocycles. The molecule has 0 amide bonds. The van der Waals surface area contributed by atoms with Crippen molar-refractivity contribution in [3.8, 4) is 0 Å². The molecule has 196 valence electrons. The Morgan fingerprint density at radius 2 is 1.71 bits per heavy atom. The van der Waals surface area contributed by atoms with Crippen LogP contribution in [-0.2, 0) is 19.1 Å². The SMILES string of the molecule is CCCC(=O)OCC(CO)(CO)COC(=O)C=C(C)C=CC=C(C)C=CC1=C(C)CCCC1(C)C. The Morgan fingerprint density at radius 3 is 2.31 bits per heavy atom. The molecule has 0 atom stereocenters. The summed E-state index contributed by atoms with van der Waals surface area (Å²) in [5.41, 5.74) is 3.65. The van der Waals surface area contributed by atoms with Crippen LogP contribution in [0.15, 0.2) is 58.7 Å². The highest BCUT2D eigenvalue weighted by Gasteiger charge is 2.32. The van der Waals surface area contributed by atoms with E-state index in [0.717, 1.165) is 12.0 Å². The molecule has 0 fully saturated rings. The Balaban J connectivity index is 2.68. The van der Waals surface area contributed by atoms with Gasteiger partial charge in [0, 0.05) is 12.5 Å². The lowest BCUT2D eigenvalue weighted by Crippen LogP contribution is -2.41. The summed E-state index contributed by atoms with van der Waals surface area (Å²) in [5, 5.41) is 19.3. The van der Waals surface area contributed by atoms with E-state index in [1.807, 2.05) is 32.1 Å². The zero-order valence-corrected chi connectivity index (χ0v) is 22.4. The fraction of sp³-hybridized carbons (Fsp3) is 0.586. The lowest BCUT2D eigenvalue weighted by molar-refractivity contribution is -0.156. The topological polar surface area (TPSA) is 93.1 Å². The number of carbonyl (C=O) groups excluding carboxylic acids is 2. The minimum Gasteiger partial charge on any atom is -0.465 e. The third kappa shape index (κ3) is 10.8. The average Bonchev–Trinajstić information content (AvgIpc) is 2.79. The van der Waals surface area contributed by atoms with Crippen molar-refractivity contribution in [1.82, 2.24) is 0 Å². The molecule has 6 heteroatoms. The normalized spacial score (nSPS) is 17.4. The summed E-state index contributed by atoms with van der Waals surface area (Å²) in [4.78, 5) is 23.8. The number of hydrogen-bond donors (Lipinski definition) is 2. The molecule has 0 aromatic carbocycles. The second-order valence-corrected chi connectivity index (χ2v) is 10.3. The third-order valence-electron chi connectivity index (χ3n) is 6.30. The Morgan fingerprint density at radius 1 is 1.06 bits per heavy atom. The number of allylic oxidation sites excluding steroid dienone is 9. The van der Waals surface area contributed by atoms with Crippen molar-refractivity contribution in [1.29, 1.82) is 0 Å². The molecule has 0 spiro atoms. The number of aliphatic hydroxyl groups excluding tert-OH is 2. The Bertz CT molecular complexity index is 866. The van der Waals surface area contributed by atoms with Crippen molar-refractivity contribution in [2.45, 2.75) is 73.6 Å². The average molecular weight is 489 g/mol. The number of ether oxygens (including phenoxy) is 2. The number of aliphatic hydroxyl groups is 2. The van der Waals surface area contributed by atoms with E-state index < -0.39 is 30.6 Å². The standard InChI is InChI=1S/C29H44O6/c1-7-10-26(32)34-20-29(18-30,19-31)21-35-27(33)17-23(3)12-8-11-22(2)14-15-25-24(4)13-9-16-28(25,5)6/h8,11-12,14-15,17,30-31H,7,9-10,13,16,18-21H2,1-6H3. The molecule has 1 aliphatic rings. The van der Waals surface area contributed by atoms with E-state index in [4.69, 9.17) is 9.47 Å². The van der Waals surface area contributed by atoms with Gasteiger partial charge in [-0.15, -0.1) is 0 Å². The minimum absolute atomic E-state index is 0.204. The first-order valence-corrected chi connectivity index (χ1v) is 12.4. The first-order chi connectivity index (χ1) is 16.5. The molecule has 0 unspecified atom stereocenters. The molecule has 0 aliphatic heterocycles. The number of rotatable bonds is 13. The minimum atomic E-state index is -1.23. The lowest BCUT2D eigenvalue weighted by Gasteiger charge is -2.32. The summed E-state index contributed by atoms with van der Waals surface area (Å²) < 4.78 is 10.3. The van der Waals surface area contributed by atoms with E-state index in [2.05, 4.69) is 32.9 Å². The molecule has 2 N–H and O–H groups in total. The molecule has 1 rings (SSSR count). The van der Waals surface area contributed by atoms with Crippen LogP contribution in [0.25, 0.3) is 0 Å². The van der Waals surface area contributed by atoms with E-state index in [-0.39, 0.29) is 25.0 Å². The van der Waals surface area contributed by atoms with Crippen LogP contribution in [0.2, 0.25) is 0 Å². The molecule has 0 aromatic rings. The Hall–Kier alpha value is -2.44. The van der Waals surface area contributed by atoms with E-state index in [1.165, 1.54) is 30.1 Å². The molecule has 0 bridgehead atoms. The van der Waals surface area contributed by atoms with Gasteiger partial charge in [-0.3, -0.25) is 4.79 Å². The molecule has 0 aromatic heterocycles. The van der Waals surface area contributed by atoms with Gasteiger partial charge in [0.05, 0.1) is 18.6 Å². The van der Waals surface area contributed by atoms with Crippen molar-refractivity contribution < 1.29 is 29.3 Å². The largest absolute Gasteiger partial charge is 0.465 e. The van der Waals surface area contributed by atoms with Crippen LogP contribution >= 0.6 is 0 Å². The van der Waals surface area contributed by atoms with Crippen LogP contribution in [-0.4, -0.2) is 48.6 Å². The summed E-state index contributed by atoms with van der Waals surface area (Å²) in [6.45, 7) is 11.0. The van der Waals surface area contributed by atoms with Crippen LogP contribution in [0.3, 0.4) is 0 Å². The van der Waals surface area contributed by atoms with Crippen LogP contribution in [0, 0.1) is 10.8 Å². The Labute approximate surface area is 211 Å². The maximum atomic E-state index is 12.2. The maximum Gasteiger partial charge on any atom is 0.331 e. The van der Waals surface area contributed by atoms with Gasteiger partial charge in [-0.05, 0) is 63.0 Å². The van der Waals surface area contributed by atoms with Crippen molar-refractivity contribution in [2.24, 2.45) is 10.8 Å². The van der Waals surface area contributed by atoms with Gasteiger partial charge in [-0.1, -0.05) is 62.3 Å².